The van der Waals surface area contributed by atoms with Gasteiger partial charge in [0, 0.05) is 12.6 Å². The molecule has 1 saturated carbocycles. The zero-order valence-corrected chi connectivity index (χ0v) is 12.2. The van der Waals surface area contributed by atoms with E-state index in [-0.39, 0.29) is 0 Å². The molecule has 0 saturated heterocycles. The summed E-state index contributed by atoms with van der Waals surface area (Å²) >= 11 is 0. The minimum Gasteiger partial charge on any atom is -0.330 e. The first kappa shape index (κ1) is 13.3. The fraction of sp³-hybridized carbons (Fsp3) is 0.643. The summed E-state index contributed by atoms with van der Waals surface area (Å²) in [6.07, 6.45) is 8.40. The van der Waals surface area contributed by atoms with Gasteiger partial charge >= 0.3 is 0 Å². The number of hydrogen-bond donors (Lipinski definition) is 1. The zero-order valence-electron chi connectivity index (χ0n) is 12.2. The van der Waals surface area contributed by atoms with Gasteiger partial charge in [-0.2, -0.15) is 0 Å². The predicted octanol–water partition coefficient (Wildman–Crippen LogP) is 1.60. The molecule has 1 aliphatic carbocycles. The fourth-order valence-electron chi connectivity index (χ4n) is 2.29. The van der Waals surface area contributed by atoms with E-state index in [4.69, 9.17) is 0 Å². The van der Waals surface area contributed by atoms with Crippen molar-refractivity contribution in [3.63, 3.8) is 0 Å². The molecule has 0 aromatic carbocycles. The van der Waals surface area contributed by atoms with Crippen LogP contribution in [-0.4, -0.2) is 31.1 Å². The monoisotopic (exact) mass is 274 g/mol. The molecule has 3 rings (SSSR count). The average Bonchev–Trinajstić information content (AvgIpc) is 2.99. The number of hydrogen-bond acceptors (Lipinski definition) is 4. The van der Waals surface area contributed by atoms with E-state index in [1.54, 1.807) is 0 Å². The van der Waals surface area contributed by atoms with Gasteiger partial charge in [-0.1, -0.05) is 19.1 Å². The molecule has 6 nitrogen and oxygen atoms in total. The first-order chi connectivity index (χ1) is 9.72. The number of nitrogens with zero attached hydrogens (tertiary/aromatic N) is 5. The molecule has 2 heterocycles. The molecule has 20 heavy (non-hydrogen) atoms. The predicted molar refractivity (Wildman–Crippen MR) is 76.2 cm³/mol. The van der Waals surface area contributed by atoms with E-state index < -0.39 is 0 Å². The molecule has 0 aliphatic heterocycles. The van der Waals surface area contributed by atoms with E-state index >= 15 is 0 Å². The molecule has 0 unspecified atom stereocenters. The highest BCUT2D eigenvalue weighted by Gasteiger charge is 2.25. The molecular weight excluding hydrogens is 252 g/mol. The van der Waals surface area contributed by atoms with Gasteiger partial charge in [-0.3, -0.25) is 0 Å². The Balaban J connectivity index is 1.57. The second-order valence-corrected chi connectivity index (χ2v) is 5.96. The van der Waals surface area contributed by atoms with E-state index in [0.29, 0.717) is 12.0 Å². The maximum atomic E-state index is 4.24. The van der Waals surface area contributed by atoms with Gasteiger partial charge in [-0.15, -0.1) is 5.10 Å². The largest absolute Gasteiger partial charge is 0.330 e. The summed E-state index contributed by atoms with van der Waals surface area (Å²) < 4.78 is 4.15. The van der Waals surface area contributed by atoms with Crippen molar-refractivity contribution in [2.75, 3.05) is 6.54 Å². The van der Waals surface area contributed by atoms with Crippen molar-refractivity contribution in [1.29, 1.82) is 0 Å². The Morgan fingerprint density at radius 1 is 1.40 bits per heavy atom. The van der Waals surface area contributed by atoms with Gasteiger partial charge in [-0.25, -0.2) is 9.67 Å². The molecule has 1 fully saturated rings. The molecule has 0 radical (unpaired) electrons. The van der Waals surface area contributed by atoms with Gasteiger partial charge in [0.05, 0.1) is 36.7 Å². The van der Waals surface area contributed by atoms with E-state index in [1.807, 2.05) is 23.4 Å². The third kappa shape index (κ3) is 3.25. The summed E-state index contributed by atoms with van der Waals surface area (Å²) in [7, 11) is 0. The van der Waals surface area contributed by atoms with Crippen LogP contribution in [0.5, 0.6) is 0 Å². The normalized spacial score (nSPS) is 15.2. The highest BCUT2D eigenvalue weighted by Crippen LogP contribution is 2.35. The highest BCUT2D eigenvalue weighted by atomic mass is 15.4. The number of imidazole rings is 1. The molecule has 1 aliphatic rings. The van der Waals surface area contributed by atoms with Crippen molar-refractivity contribution in [3.8, 4) is 0 Å². The van der Waals surface area contributed by atoms with Gasteiger partial charge in [-0.05, 0) is 25.3 Å². The minimum atomic E-state index is 0.651. The van der Waals surface area contributed by atoms with Crippen molar-refractivity contribution in [1.82, 2.24) is 29.9 Å². The van der Waals surface area contributed by atoms with Gasteiger partial charge < -0.3 is 9.88 Å². The van der Waals surface area contributed by atoms with Crippen molar-refractivity contribution < 1.29 is 0 Å². The van der Waals surface area contributed by atoms with Crippen molar-refractivity contribution in [3.05, 3.63) is 30.1 Å². The first-order valence-corrected chi connectivity index (χ1v) is 7.33. The SMILES string of the molecule is CC(C)CNCc1cn(Cc2cncn2C2CC2)nn1. The van der Waals surface area contributed by atoms with Crippen LogP contribution in [0.1, 0.15) is 44.1 Å². The van der Waals surface area contributed by atoms with Crippen LogP contribution >= 0.6 is 0 Å². The third-order valence-corrected chi connectivity index (χ3v) is 3.46. The van der Waals surface area contributed by atoms with E-state index in [0.717, 1.165) is 25.3 Å². The number of rotatable bonds is 7. The van der Waals surface area contributed by atoms with Crippen molar-refractivity contribution >= 4 is 0 Å². The second-order valence-electron chi connectivity index (χ2n) is 5.96. The Hall–Kier alpha value is -1.69. The molecular formula is C14H22N6. The van der Waals surface area contributed by atoms with E-state index in [9.17, 15) is 0 Å². The van der Waals surface area contributed by atoms with E-state index in [1.165, 1.54) is 18.5 Å². The Morgan fingerprint density at radius 2 is 2.25 bits per heavy atom. The summed E-state index contributed by atoms with van der Waals surface area (Å²) in [5.41, 5.74) is 2.20. The minimum absolute atomic E-state index is 0.651. The molecule has 0 amide bonds. The summed E-state index contributed by atoms with van der Waals surface area (Å²) in [5, 5.41) is 11.8. The fourth-order valence-corrected chi connectivity index (χ4v) is 2.29. The lowest BCUT2D eigenvalue weighted by Gasteiger charge is -2.06. The summed E-state index contributed by atoms with van der Waals surface area (Å²) in [4.78, 5) is 4.24. The smallest absolute Gasteiger partial charge is 0.0964 e. The quantitative estimate of drug-likeness (QED) is 0.833. The van der Waals surface area contributed by atoms with Crippen molar-refractivity contribution in [2.24, 2.45) is 5.92 Å². The molecule has 0 bridgehead atoms. The molecule has 2 aromatic rings. The van der Waals surface area contributed by atoms with Crippen LogP contribution in [0.15, 0.2) is 18.7 Å². The van der Waals surface area contributed by atoms with Gasteiger partial charge in [0.25, 0.3) is 0 Å². The lowest BCUT2D eigenvalue weighted by atomic mass is 10.2. The molecule has 1 N–H and O–H groups in total. The maximum Gasteiger partial charge on any atom is 0.0964 e. The zero-order chi connectivity index (χ0) is 13.9. The average molecular weight is 274 g/mol. The Labute approximate surface area is 119 Å². The van der Waals surface area contributed by atoms with Gasteiger partial charge in [0.15, 0.2) is 0 Å². The Kier molecular flexibility index (Phi) is 3.82. The van der Waals surface area contributed by atoms with Gasteiger partial charge in [0.1, 0.15) is 0 Å². The molecule has 108 valence electrons. The third-order valence-electron chi connectivity index (χ3n) is 3.46. The summed E-state index contributed by atoms with van der Waals surface area (Å²) in [6.45, 7) is 6.92. The molecule has 0 spiro atoms. The molecule has 6 heteroatoms. The number of nitrogens with one attached hydrogen (secondary N) is 1. The summed E-state index contributed by atoms with van der Waals surface area (Å²) in [6, 6.07) is 0.656. The number of aromatic nitrogens is 5. The second kappa shape index (κ2) is 5.75. The van der Waals surface area contributed by atoms with Crippen LogP contribution in [0.3, 0.4) is 0 Å². The highest BCUT2D eigenvalue weighted by molar-refractivity contribution is 5.04. The molecule has 2 aromatic heterocycles. The first-order valence-electron chi connectivity index (χ1n) is 7.33. The lowest BCUT2D eigenvalue weighted by Crippen LogP contribution is -2.19. The van der Waals surface area contributed by atoms with Gasteiger partial charge in [0.2, 0.25) is 0 Å². The Morgan fingerprint density at radius 3 is 3.00 bits per heavy atom. The van der Waals surface area contributed by atoms with Crippen LogP contribution in [0, 0.1) is 5.92 Å². The standard InChI is InChI=1S/C14H22N6/c1-11(2)5-15-6-12-8-19(18-17-12)9-14-7-16-10-20(14)13-3-4-13/h7-8,10-11,13,15H,3-6,9H2,1-2H3. The van der Waals surface area contributed by atoms with Crippen molar-refractivity contribution in [2.45, 2.75) is 45.8 Å². The lowest BCUT2D eigenvalue weighted by molar-refractivity contribution is 0.548. The van der Waals surface area contributed by atoms with E-state index in [2.05, 4.69) is 39.0 Å². The van der Waals surface area contributed by atoms with Crippen LogP contribution in [0.25, 0.3) is 0 Å². The van der Waals surface area contributed by atoms with Crippen LogP contribution in [0.2, 0.25) is 0 Å². The summed E-state index contributed by atoms with van der Waals surface area (Å²) in [5.74, 6) is 0.651. The van der Waals surface area contributed by atoms with Crippen LogP contribution < -0.4 is 5.32 Å². The van der Waals surface area contributed by atoms with Crippen LogP contribution in [-0.2, 0) is 13.1 Å². The Bertz CT molecular complexity index is 552. The maximum absolute atomic E-state index is 4.24. The van der Waals surface area contributed by atoms with Crippen LogP contribution in [0.4, 0.5) is 0 Å². The topological polar surface area (TPSA) is 60.6 Å². The molecule has 0 atom stereocenters.